The van der Waals surface area contributed by atoms with Gasteiger partial charge in [0, 0.05) is 12.6 Å². The molecule has 1 aliphatic rings. The molecule has 1 unspecified atom stereocenters. The van der Waals surface area contributed by atoms with E-state index in [1.165, 1.54) is 17.9 Å². The first-order valence-electron chi connectivity index (χ1n) is 4.96. The van der Waals surface area contributed by atoms with Crippen molar-refractivity contribution >= 4 is 11.8 Å². The van der Waals surface area contributed by atoms with Crippen LogP contribution in [0.4, 0.5) is 0 Å². The number of hydrogen-bond acceptors (Lipinski definition) is 3. The lowest BCUT2D eigenvalue weighted by atomic mass is 10.0. The van der Waals surface area contributed by atoms with Gasteiger partial charge < -0.3 is 10.1 Å². The van der Waals surface area contributed by atoms with Crippen LogP contribution in [-0.4, -0.2) is 37.3 Å². The topological polar surface area (TPSA) is 21.3 Å². The van der Waals surface area contributed by atoms with E-state index in [1.54, 1.807) is 7.11 Å². The van der Waals surface area contributed by atoms with Crippen LogP contribution in [0.25, 0.3) is 0 Å². The van der Waals surface area contributed by atoms with E-state index in [-0.39, 0.29) is 5.54 Å². The minimum atomic E-state index is 0.127. The zero-order valence-corrected chi connectivity index (χ0v) is 9.75. The van der Waals surface area contributed by atoms with Gasteiger partial charge in [0.1, 0.15) is 0 Å². The maximum atomic E-state index is 5.15. The Kier molecular flexibility index (Phi) is 4.56. The second kappa shape index (κ2) is 5.23. The van der Waals surface area contributed by atoms with E-state index in [4.69, 9.17) is 4.74 Å². The summed E-state index contributed by atoms with van der Waals surface area (Å²) >= 11 is 2.07. The van der Waals surface area contributed by atoms with Gasteiger partial charge in [-0.05, 0) is 44.2 Å². The standard InChI is InChI=1S/C10H21NOS/c1-10(2,8-12-3)11-6-9-4-5-13-7-9/h9,11H,4-8H2,1-3H3. The minimum Gasteiger partial charge on any atom is -0.383 e. The zero-order valence-electron chi connectivity index (χ0n) is 8.93. The summed E-state index contributed by atoms with van der Waals surface area (Å²) in [6.45, 7) is 6.31. The fraction of sp³-hybridized carbons (Fsp3) is 1.00. The molecule has 0 aliphatic carbocycles. The number of ether oxygens (including phenoxy) is 1. The molecule has 0 bridgehead atoms. The highest BCUT2D eigenvalue weighted by Crippen LogP contribution is 2.23. The van der Waals surface area contributed by atoms with E-state index in [9.17, 15) is 0 Å². The number of thioether (sulfide) groups is 1. The summed E-state index contributed by atoms with van der Waals surface area (Å²) in [7, 11) is 1.76. The van der Waals surface area contributed by atoms with Crippen LogP contribution in [0.3, 0.4) is 0 Å². The number of rotatable bonds is 5. The van der Waals surface area contributed by atoms with E-state index in [0.29, 0.717) is 0 Å². The van der Waals surface area contributed by atoms with E-state index < -0.39 is 0 Å². The van der Waals surface area contributed by atoms with Crippen LogP contribution in [0, 0.1) is 5.92 Å². The molecule has 0 amide bonds. The van der Waals surface area contributed by atoms with Crippen molar-refractivity contribution in [1.29, 1.82) is 0 Å². The van der Waals surface area contributed by atoms with Gasteiger partial charge in [-0.25, -0.2) is 0 Å². The molecule has 0 radical (unpaired) electrons. The molecule has 1 atom stereocenters. The molecule has 1 aliphatic heterocycles. The van der Waals surface area contributed by atoms with E-state index in [0.717, 1.165) is 19.1 Å². The molecule has 1 N–H and O–H groups in total. The zero-order chi connectivity index (χ0) is 9.73. The Hall–Kier alpha value is 0.270. The summed E-state index contributed by atoms with van der Waals surface area (Å²) in [4.78, 5) is 0. The first-order valence-corrected chi connectivity index (χ1v) is 6.11. The Bertz CT molecular complexity index is 144. The fourth-order valence-corrected chi connectivity index (χ4v) is 2.86. The van der Waals surface area contributed by atoms with Gasteiger partial charge in [0.05, 0.1) is 6.61 Å². The van der Waals surface area contributed by atoms with Crippen LogP contribution in [0.5, 0.6) is 0 Å². The summed E-state index contributed by atoms with van der Waals surface area (Å²) in [6.07, 6.45) is 1.38. The predicted octanol–water partition coefficient (Wildman–Crippen LogP) is 1.75. The Labute approximate surface area is 85.8 Å². The highest BCUT2D eigenvalue weighted by Gasteiger charge is 2.21. The lowest BCUT2D eigenvalue weighted by Gasteiger charge is -2.26. The second-order valence-electron chi connectivity index (χ2n) is 4.43. The van der Waals surface area contributed by atoms with Crippen LogP contribution >= 0.6 is 11.8 Å². The summed E-state index contributed by atoms with van der Waals surface area (Å²) in [5.74, 6) is 3.55. The summed E-state index contributed by atoms with van der Waals surface area (Å²) in [5.41, 5.74) is 0.127. The second-order valence-corrected chi connectivity index (χ2v) is 5.58. The van der Waals surface area contributed by atoms with E-state index in [1.807, 2.05) is 0 Å². The lowest BCUT2D eigenvalue weighted by Crippen LogP contribution is -2.45. The maximum absolute atomic E-state index is 5.15. The molecule has 3 heteroatoms. The molecule has 1 fully saturated rings. The van der Waals surface area contributed by atoms with Crippen LogP contribution in [0.2, 0.25) is 0 Å². The minimum absolute atomic E-state index is 0.127. The molecule has 0 aromatic rings. The average Bonchev–Trinajstić information content (AvgIpc) is 2.52. The summed E-state index contributed by atoms with van der Waals surface area (Å²) in [6, 6.07) is 0. The third-order valence-electron chi connectivity index (χ3n) is 2.40. The molecule has 13 heavy (non-hydrogen) atoms. The lowest BCUT2D eigenvalue weighted by molar-refractivity contribution is 0.126. The van der Waals surface area contributed by atoms with Crippen LogP contribution in [-0.2, 0) is 4.74 Å². The van der Waals surface area contributed by atoms with Crippen LogP contribution in [0.1, 0.15) is 20.3 Å². The number of hydrogen-bond donors (Lipinski definition) is 1. The highest BCUT2D eigenvalue weighted by molar-refractivity contribution is 7.99. The van der Waals surface area contributed by atoms with Gasteiger partial charge in [0.2, 0.25) is 0 Å². The average molecular weight is 203 g/mol. The smallest absolute Gasteiger partial charge is 0.0639 e. The Morgan fingerprint density at radius 1 is 1.54 bits per heavy atom. The number of nitrogens with one attached hydrogen (secondary N) is 1. The van der Waals surface area contributed by atoms with Crippen LogP contribution in [0.15, 0.2) is 0 Å². The van der Waals surface area contributed by atoms with Gasteiger partial charge in [0.25, 0.3) is 0 Å². The van der Waals surface area contributed by atoms with Crippen molar-refractivity contribution in [2.24, 2.45) is 5.92 Å². The SMILES string of the molecule is COCC(C)(C)NCC1CCSC1. The molecule has 0 aromatic carbocycles. The van der Waals surface area contributed by atoms with E-state index >= 15 is 0 Å². The van der Waals surface area contributed by atoms with Gasteiger partial charge in [-0.15, -0.1) is 0 Å². The van der Waals surface area contributed by atoms with Crippen molar-refractivity contribution < 1.29 is 4.74 Å². The Morgan fingerprint density at radius 2 is 2.31 bits per heavy atom. The van der Waals surface area contributed by atoms with Gasteiger partial charge in [-0.1, -0.05) is 0 Å². The van der Waals surface area contributed by atoms with Crippen molar-refractivity contribution in [2.45, 2.75) is 25.8 Å². The van der Waals surface area contributed by atoms with Crippen molar-refractivity contribution in [3.63, 3.8) is 0 Å². The number of methoxy groups -OCH3 is 1. The predicted molar refractivity (Wildman–Crippen MR) is 59.4 cm³/mol. The molecular formula is C10H21NOS. The van der Waals surface area contributed by atoms with Gasteiger partial charge >= 0.3 is 0 Å². The molecule has 0 saturated carbocycles. The maximum Gasteiger partial charge on any atom is 0.0639 e. The molecule has 1 heterocycles. The molecule has 2 nitrogen and oxygen atoms in total. The molecule has 1 rings (SSSR count). The van der Waals surface area contributed by atoms with Crippen molar-refractivity contribution in [3.05, 3.63) is 0 Å². The highest BCUT2D eigenvalue weighted by atomic mass is 32.2. The molecule has 0 spiro atoms. The fourth-order valence-electron chi connectivity index (χ4n) is 1.58. The summed E-state index contributed by atoms with van der Waals surface area (Å²) in [5, 5.41) is 3.56. The van der Waals surface area contributed by atoms with Gasteiger partial charge in [-0.2, -0.15) is 11.8 Å². The first kappa shape index (κ1) is 11.3. The quantitative estimate of drug-likeness (QED) is 0.735. The van der Waals surface area contributed by atoms with E-state index in [2.05, 4.69) is 30.9 Å². The first-order chi connectivity index (χ1) is 6.14. The third-order valence-corrected chi connectivity index (χ3v) is 3.63. The van der Waals surface area contributed by atoms with Crippen molar-refractivity contribution in [3.8, 4) is 0 Å². The molecular weight excluding hydrogens is 182 g/mol. The largest absolute Gasteiger partial charge is 0.383 e. The summed E-state index contributed by atoms with van der Waals surface area (Å²) < 4.78 is 5.15. The van der Waals surface area contributed by atoms with Gasteiger partial charge in [-0.3, -0.25) is 0 Å². The Morgan fingerprint density at radius 3 is 2.85 bits per heavy atom. The molecule has 78 valence electrons. The Balaban J connectivity index is 2.15. The monoisotopic (exact) mass is 203 g/mol. The molecule has 0 aromatic heterocycles. The molecule has 1 saturated heterocycles. The van der Waals surface area contributed by atoms with Crippen molar-refractivity contribution in [1.82, 2.24) is 5.32 Å². The third kappa shape index (κ3) is 4.34. The van der Waals surface area contributed by atoms with Crippen LogP contribution < -0.4 is 5.32 Å². The van der Waals surface area contributed by atoms with Crippen molar-refractivity contribution in [2.75, 3.05) is 31.8 Å². The van der Waals surface area contributed by atoms with Gasteiger partial charge in [0.15, 0.2) is 0 Å². The normalized spacial score (nSPS) is 23.8.